The van der Waals surface area contributed by atoms with Crippen LogP contribution in [-0.2, 0) is 21.7 Å². The van der Waals surface area contributed by atoms with Crippen LogP contribution in [-0.4, -0.2) is 0 Å². The molecule has 4 heteroatoms. The number of hydrogen-bond acceptors (Lipinski definition) is 0. The van der Waals surface area contributed by atoms with Crippen molar-refractivity contribution in [2.45, 2.75) is 0 Å². The van der Waals surface area contributed by atoms with Crippen LogP contribution < -0.4 is 40.7 Å². The van der Waals surface area contributed by atoms with Crippen molar-refractivity contribution in [1.82, 2.24) is 0 Å². The molecule has 0 bridgehead atoms. The van der Waals surface area contributed by atoms with E-state index in [1.807, 2.05) is 0 Å². The summed E-state index contributed by atoms with van der Waals surface area (Å²) in [5.74, 6) is 0. The van der Waals surface area contributed by atoms with Gasteiger partial charge in [0.15, 0.2) is 0 Å². The quantitative estimate of drug-likeness (QED) is 0.170. The van der Waals surface area contributed by atoms with Crippen molar-refractivity contribution in [3.8, 4) is 0 Å². The summed E-state index contributed by atoms with van der Waals surface area (Å²) in [6.45, 7) is 0. The maximum Gasteiger partial charge on any atom is 4.00 e. The van der Waals surface area contributed by atoms with E-state index in [4.69, 9.17) is 0 Å². The minimum Gasteiger partial charge on any atom is -1.00 e. The van der Waals surface area contributed by atoms with Gasteiger partial charge in [0.05, 0.1) is 0 Å². The fourth-order valence-electron chi connectivity index (χ4n) is 4.77. The number of halogens is 2. The maximum absolute atomic E-state index is 2.35. The van der Waals surface area contributed by atoms with Gasteiger partial charge in [0, 0.05) is 0 Å². The summed E-state index contributed by atoms with van der Waals surface area (Å²) in [4.78, 5) is 0. The summed E-state index contributed by atoms with van der Waals surface area (Å²) in [7, 11) is -0.493. The molecule has 0 spiro atoms. The molecule has 7 aromatic rings. The summed E-state index contributed by atoms with van der Waals surface area (Å²) in [5, 5.41) is 12.3. The van der Waals surface area contributed by atoms with Crippen molar-refractivity contribution in [3.05, 3.63) is 152 Å². The Kier molecular flexibility index (Phi) is 10.9. The Morgan fingerprint density at radius 1 is 0.421 bits per heavy atom. The zero-order chi connectivity index (χ0) is 23.5. The molecule has 0 radical (unpaired) electrons. The van der Waals surface area contributed by atoms with Gasteiger partial charge in [-0.25, -0.2) is 0 Å². The smallest absolute Gasteiger partial charge is 1.00 e. The minimum absolute atomic E-state index is 0. The van der Waals surface area contributed by atoms with Gasteiger partial charge in [-0.05, 0) is 18.5 Å². The van der Waals surface area contributed by atoms with Crippen LogP contribution in [0.2, 0.25) is 0 Å². The fourth-order valence-corrected chi connectivity index (χ4v) is 7.14. The van der Waals surface area contributed by atoms with E-state index in [9.17, 15) is 0 Å². The van der Waals surface area contributed by atoms with Crippen LogP contribution in [0.4, 0.5) is 0 Å². The Morgan fingerprint density at radius 3 is 1.34 bits per heavy atom. The molecular weight excluding hydrogens is 558 g/mol. The predicted molar refractivity (Wildman–Crippen MR) is 155 cm³/mol. The molecule has 7 rings (SSSR count). The molecule has 0 fully saturated rings. The van der Waals surface area contributed by atoms with Crippen LogP contribution >= 0.6 is 7.92 Å². The first-order valence-electron chi connectivity index (χ1n) is 12.0. The van der Waals surface area contributed by atoms with E-state index in [-0.39, 0.29) is 46.5 Å². The van der Waals surface area contributed by atoms with Gasteiger partial charge in [0.25, 0.3) is 0 Å². The first kappa shape index (κ1) is 29.9. The molecule has 0 nitrogen and oxygen atoms in total. The average Bonchev–Trinajstić information content (AvgIpc) is 3.52. The van der Waals surface area contributed by atoms with Crippen LogP contribution in [0.15, 0.2) is 152 Å². The second-order valence-electron chi connectivity index (χ2n) is 8.67. The van der Waals surface area contributed by atoms with E-state index >= 15 is 0 Å². The summed E-state index contributed by atoms with van der Waals surface area (Å²) in [6.07, 6.45) is 0. The molecule has 0 saturated heterocycles. The Balaban J connectivity index is 0.000000216. The third kappa shape index (κ3) is 6.29. The standard InChI is InChI=1S/C21H16P.C13H9.2ClH.Ti/c1-3-11-19(12-4-1)22(20-13-5-2-6-14-20)21-15-17-9-7-8-10-18(17)16-21;1-3-7-12-10(5-1)9-11-6-2-4-8-13(11)12;;;/h1-16H;1-9H;2*1H;/q2*-1;;;+4/p-2. The average molecular weight is 583 g/mol. The number of benzene rings is 5. The molecule has 0 saturated carbocycles. The zero-order valence-electron chi connectivity index (χ0n) is 20.6. The van der Waals surface area contributed by atoms with Crippen LogP contribution in [0.5, 0.6) is 0 Å². The van der Waals surface area contributed by atoms with Crippen LogP contribution in [0.25, 0.3) is 32.3 Å². The molecule has 7 aromatic carbocycles. The van der Waals surface area contributed by atoms with Gasteiger partial charge in [-0.1, -0.05) is 103 Å². The Morgan fingerprint density at radius 2 is 0.842 bits per heavy atom. The van der Waals surface area contributed by atoms with Crippen molar-refractivity contribution in [2.24, 2.45) is 0 Å². The van der Waals surface area contributed by atoms with Gasteiger partial charge in [0.1, 0.15) is 0 Å². The summed E-state index contributed by atoms with van der Waals surface area (Å²) in [6, 6.07) is 54.3. The van der Waals surface area contributed by atoms with Crippen molar-refractivity contribution in [1.29, 1.82) is 0 Å². The molecule has 0 aliphatic rings. The van der Waals surface area contributed by atoms with Crippen molar-refractivity contribution in [3.63, 3.8) is 0 Å². The number of fused-ring (bicyclic) bond motifs is 4. The number of hydrogen-bond donors (Lipinski definition) is 0. The summed E-state index contributed by atoms with van der Waals surface area (Å²) >= 11 is 0. The predicted octanol–water partition coefficient (Wildman–Crippen LogP) is 2.03. The molecule has 0 N–H and O–H groups in total. The van der Waals surface area contributed by atoms with E-state index < -0.39 is 7.92 Å². The molecular formula is C34H25Cl2PTi. The van der Waals surface area contributed by atoms with E-state index in [0.717, 1.165) is 0 Å². The van der Waals surface area contributed by atoms with E-state index in [2.05, 4.69) is 152 Å². The molecule has 184 valence electrons. The molecule has 0 atom stereocenters. The SMILES string of the molecule is [Cl-].[Cl-].[Ti+4].c1ccc(P(c2ccccc2)c2cc3ccccc3[cH-]2)cc1.c1ccc2c(c1)[cH-]c1ccccc12. The summed E-state index contributed by atoms with van der Waals surface area (Å²) in [5.41, 5.74) is 0. The fraction of sp³-hybridized carbons (Fsp3) is 0. The summed E-state index contributed by atoms with van der Waals surface area (Å²) < 4.78 is 0. The van der Waals surface area contributed by atoms with Gasteiger partial charge in [-0.2, -0.15) is 6.07 Å². The third-order valence-electron chi connectivity index (χ3n) is 6.41. The monoisotopic (exact) mass is 582 g/mol. The van der Waals surface area contributed by atoms with E-state index in [0.29, 0.717) is 0 Å². The van der Waals surface area contributed by atoms with Crippen LogP contribution in [0.3, 0.4) is 0 Å². The van der Waals surface area contributed by atoms with Gasteiger partial charge in [-0.3, -0.25) is 0 Å². The molecule has 0 heterocycles. The molecule has 38 heavy (non-hydrogen) atoms. The van der Waals surface area contributed by atoms with Gasteiger partial charge in [-0.15, -0.1) is 80.1 Å². The van der Waals surface area contributed by atoms with Crippen molar-refractivity contribution < 1.29 is 46.5 Å². The van der Waals surface area contributed by atoms with Crippen LogP contribution in [0, 0.1) is 0 Å². The molecule has 0 amide bonds. The van der Waals surface area contributed by atoms with Gasteiger partial charge >= 0.3 is 21.7 Å². The second kappa shape index (κ2) is 13.9. The maximum atomic E-state index is 2.35. The second-order valence-corrected chi connectivity index (χ2v) is 10.9. The third-order valence-corrected chi connectivity index (χ3v) is 8.82. The first-order valence-corrected chi connectivity index (χ1v) is 13.3. The zero-order valence-corrected chi connectivity index (χ0v) is 24.6. The molecule has 0 aliphatic carbocycles. The van der Waals surface area contributed by atoms with Crippen molar-refractivity contribution >= 4 is 56.2 Å². The Hall–Kier alpha value is -2.70. The Labute approximate surface area is 252 Å². The van der Waals surface area contributed by atoms with E-state index in [1.54, 1.807) is 0 Å². The van der Waals surface area contributed by atoms with E-state index in [1.165, 1.54) is 48.2 Å². The Bertz CT molecular complexity index is 1580. The van der Waals surface area contributed by atoms with Gasteiger partial charge < -0.3 is 24.8 Å². The molecule has 0 aromatic heterocycles. The van der Waals surface area contributed by atoms with Gasteiger partial charge in [0.2, 0.25) is 0 Å². The normalized spacial score (nSPS) is 10.2. The topological polar surface area (TPSA) is 0 Å². The minimum atomic E-state index is -0.493. The first-order chi connectivity index (χ1) is 17.4. The number of rotatable bonds is 3. The van der Waals surface area contributed by atoms with Crippen molar-refractivity contribution in [2.75, 3.05) is 0 Å². The molecule has 0 unspecified atom stereocenters. The largest absolute Gasteiger partial charge is 4.00 e. The molecule has 0 aliphatic heterocycles. The van der Waals surface area contributed by atoms with Crippen LogP contribution in [0.1, 0.15) is 0 Å².